The number of nitrogens with one attached hydrogen (secondary N) is 1. The molecule has 4 nitrogen and oxygen atoms in total. The highest BCUT2D eigenvalue weighted by molar-refractivity contribution is 6.00. The Balaban J connectivity index is 2.75. The highest BCUT2D eigenvalue weighted by Gasteiger charge is 2.26. The molecule has 0 aliphatic carbocycles. The first-order valence-electron chi connectivity index (χ1n) is 5.40. The summed E-state index contributed by atoms with van der Waals surface area (Å²) < 4.78 is 45.8. The predicted octanol–water partition coefficient (Wildman–Crippen LogP) is 2.04. The van der Waals surface area contributed by atoms with Crippen LogP contribution in [0.25, 0.3) is 0 Å². The summed E-state index contributed by atoms with van der Waals surface area (Å²) >= 11 is 0. The average Bonchev–Trinajstić information content (AvgIpc) is 2.36. The molecular formula is C12H14F3NO3. The topological polar surface area (TPSA) is 47.6 Å². The fourth-order valence-corrected chi connectivity index (χ4v) is 1.44. The molecule has 7 heteroatoms. The monoisotopic (exact) mass is 277 g/mol. The smallest absolute Gasteiger partial charge is 0.401 e. The maximum Gasteiger partial charge on any atom is 0.401 e. The van der Waals surface area contributed by atoms with Crippen LogP contribution in [0.5, 0.6) is 11.5 Å². The maximum absolute atomic E-state index is 12.0. The Labute approximate surface area is 108 Å². The highest BCUT2D eigenvalue weighted by atomic mass is 19.4. The molecule has 1 aromatic carbocycles. The van der Waals surface area contributed by atoms with Crippen LogP contribution in [0.4, 0.5) is 13.2 Å². The van der Waals surface area contributed by atoms with Crippen molar-refractivity contribution in [3.05, 3.63) is 23.8 Å². The lowest BCUT2D eigenvalue weighted by molar-refractivity contribution is -0.124. The minimum atomic E-state index is -4.35. The summed E-state index contributed by atoms with van der Waals surface area (Å²) in [6.45, 7) is -1.64. The van der Waals surface area contributed by atoms with Gasteiger partial charge in [0.25, 0.3) is 0 Å². The zero-order chi connectivity index (χ0) is 14.5. The van der Waals surface area contributed by atoms with Gasteiger partial charge < -0.3 is 14.8 Å². The van der Waals surface area contributed by atoms with Gasteiger partial charge in [-0.15, -0.1) is 0 Å². The molecule has 0 aromatic heterocycles. The lowest BCUT2D eigenvalue weighted by atomic mass is 10.1. The number of carbonyl (C=O) groups excluding carboxylic acids is 1. The summed E-state index contributed by atoms with van der Waals surface area (Å²) in [7, 11) is 2.81. The minimum Gasteiger partial charge on any atom is -0.497 e. The van der Waals surface area contributed by atoms with Crippen LogP contribution < -0.4 is 14.8 Å². The normalized spacial score (nSPS) is 11.2. The Morgan fingerprint density at radius 1 is 1.26 bits per heavy atom. The van der Waals surface area contributed by atoms with Crippen molar-refractivity contribution < 1.29 is 27.4 Å². The van der Waals surface area contributed by atoms with Crippen LogP contribution >= 0.6 is 0 Å². The van der Waals surface area contributed by atoms with Crippen LogP contribution in [-0.2, 0) is 0 Å². The molecule has 1 aromatic rings. The number of methoxy groups -OCH3 is 2. The summed E-state index contributed by atoms with van der Waals surface area (Å²) in [5.74, 6) is 0.222. The molecule has 0 radical (unpaired) electrons. The second-order valence-electron chi connectivity index (χ2n) is 3.71. The lowest BCUT2D eigenvalue weighted by Gasteiger charge is -2.11. The third-order valence-electron chi connectivity index (χ3n) is 2.32. The maximum atomic E-state index is 12.0. The zero-order valence-electron chi connectivity index (χ0n) is 10.5. The van der Waals surface area contributed by atoms with Crippen LogP contribution in [0.2, 0.25) is 0 Å². The van der Waals surface area contributed by atoms with E-state index in [1.165, 1.54) is 26.4 Å². The molecule has 0 unspecified atom stereocenters. The number of alkyl halides is 3. The van der Waals surface area contributed by atoms with Gasteiger partial charge in [0.15, 0.2) is 5.78 Å². The Hall–Kier alpha value is -1.76. The van der Waals surface area contributed by atoms with Crippen molar-refractivity contribution in [2.45, 2.75) is 6.18 Å². The second-order valence-corrected chi connectivity index (χ2v) is 3.71. The van der Waals surface area contributed by atoms with E-state index in [0.717, 1.165) is 0 Å². The molecule has 1 rings (SSSR count). The Morgan fingerprint density at radius 3 is 2.47 bits per heavy atom. The second kappa shape index (κ2) is 6.42. The molecule has 0 saturated carbocycles. The summed E-state index contributed by atoms with van der Waals surface area (Å²) in [5, 5.41) is 2.04. The van der Waals surface area contributed by atoms with Gasteiger partial charge in [-0.05, 0) is 18.2 Å². The van der Waals surface area contributed by atoms with Crippen molar-refractivity contribution in [2.75, 3.05) is 27.3 Å². The fourth-order valence-electron chi connectivity index (χ4n) is 1.44. The Kier molecular flexibility index (Phi) is 5.17. The largest absolute Gasteiger partial charge is 0.497 e. The molecule has 0 aliphatic heterocycles. The third kappa shape index (κ3) is 4.78. The molecule has 19 heavy (non-hydrogen) atoms. The number of ketones is 1. The van der Waals surface area contributed by atoms with E-state index in [-0.39, 0.29) is 5.56 Å². The number of hydrogen-bond donors (Lipinski definition) is 1. The quantitative estimate of drug-likeness (QED) is 0.808. The van der Waals surface area contributed by atoms with E-state index < -0.39 is 25.0 Å². The van der Waals surface area contributed by atoms with E-state index in [0.29, 0.717) is 11.5 Å². The summed E-state index contributed by atoms with van der Waals surface area (Å²) in [4.78, 5) is 11.8. The number of hydrogen-bond acceptors (Lipinski definition) is 4. The van der Waals surface area contributed by atoms with Crippen molar-refractivity contribution in [1.82, 2.24) is 5.32 Å². The van der Waals surface area contributed by atoms with Crippen LogP contribution in [0.1, 0.15) is 10.4 Å². The van der Waals surface area contributed by atoms with E-state index in [9.17, 15) is 18.0 Å². The van der Waals surface area contributed by atoms with E-state index in [1.54, 1.807) is 6.07 Å². The van der Waals surface area contributed by atoms with Crippen LogP contribution in [0.15, 0.2) is 18.2 Å². The first-order chi connectivity index (χ1) is 8.87. The van der Waals surface area contributed by atoms with Crippen molar-refractivity contribution in [3.8, 4) is 11.5 Å². The molecule has 0 heterocycles. The van der Waals surface area contributed by atoms with Gasteiger partial charge in [-0.2, -0.15) is 13.2 Å². The van der Waals surface area contributed by atoms with Gasteiger partial charge in [-0.1, -0.05) is 0 Å². The Morgan fingerprint density at radius 2 is 1.95 bits per heavy atom. The van der Waals surface area contributed by atoms with E-state index in [4.69, 9.17) is 9.47 Å². The van der Waals surface area contributed by atoms with Gasteiger partial charge in [0.05, 0.1) is 32.9 Å². The molecule has 0 bridgehead atoms. The summed E-state index contributed by atoms with van der Waals surface area (Å²) in [5.41, 5.74) is 0.177. The number of Topliss-reactive ketones (excluding diaryl/α,β-unsaturated/α-hetero) is 1. The molecule has 0 spiro atoms. The molecule has 0 atom stereocenters. The standard InChI is InChI=1S/C12H14F3NO3/c1-18-8-3-4-11(19-2)9(5-8)10(17)6-16-7-12(13,14)15/h3-5,16H,6-7H2,1-2H3. The number of benzene rings is 1. The minimum absolute atomic E-state index is 0.177. The first kappa shape index (κ1) is 15.3. The molecule has 0 fully saturated rings. The van der Waals surface area contributed by atoms with E-state index >= 15 is 0 Å². The third-order valence-corrected chi connectivity index (χ3v) is 2.32. The van der Waals surface area contributed by atoms with Crippen molar-refractivity contribution >= 4 is 5.78 Å². The van der Waals surface area contributed by atoms with E-state index in [1.807, 2.05) is 5.32 Å². The summed E-state index contributed by atoms with van der Waals surface area (Å²) in [6.07, 6.45) is -4.35. The SMILES string of the molecule is COc1ccc(OC)c(C(=O)CNCC(F)(F)F)c1. The predicted molar refractivity (Wildman–Crippen MR) is 62.8 cm³/mol. The Bertz CT molecular complexity index is 446. The number of rotatable bonds is 6. The van der Waals surface area contributed by atoms with Gasteiger partial charge in [-0.25, -0.2) is 0 Å². The van der Waals surface area contributed by atoms with Crippen LogP contribution in [-0.4, -0.2) is 39.3 Å². The first-order valence-corrected chi connectivity index (χ1v) is 5.40. The van der Waals surface area contributed by atoms with Crippen LogP contribution in [0, 0.1) is 0 Å². The van der Waals surface area contributed by atoms with Gasteiger partial charge in [-0.3, -0.25) is 4.79 Å². The number of carbonyl (C=O) groups is 1. The molecule has 0 amide bonds. The molecule has 1 N–H and O–H groups in total. The molecular weight excluding hydrogens is 263 g/mol. The van der Waals surface area contributed by atoms with Gasteiger partial charge in [0.1, 0.15) is 11.5 Å². The van der Waals surface area contributed by atoms with Crippen molar-refractivity contribution in [2.24, 2.45) is 0 Å². The number of ether oxygens (including phenoxy) is 2. The highest BCUT2D eigenvalue weighted by Crippen LogP contribution is 2.24. The van der Waals surface area contributed by atoms with Crippen molar-refractivity contribution in [3.63, 3.8) is 0 Å². The lowest BCUT2D eigenvalue weighted by Crippen LogP contribution is -2.32. The fraction of sp³-hybridized carbons (Fsp3) is 0.417. The molecule has 106 valence electrons. The van der Waals surface area contributed by atoms with Gasteiger partial charge in [0, 0.05) is 0 Å². The van der Waals surface area contributed by atoms with Crippen molar-refractivity contribution in [1.29, 1.82) is 0 Å². The van der Waals surface area contributed by atoms with Gasteiger partial charge in [0.2, 0.25) is 0 Å². The molecule has 0 aliphatic rings. The summed E-state index contributed by atoms with van der Waals surface area (Å²) in [6, 6.07) is 4.55. The number of halogens is 3. The average molecular weight is 277 g/mol. The van der Waals surface area contributed by atoms with Gasteiger partial charge >= 0.3 is 6.18 Å². The van der Waals surface area contributed by atoms with E-state index in [2.05, 4.69) is 0 Å². The van der Waals surface area contributed by atoms with Crippen LogP contribution in [0.3, 0.4) is 0 Å². The zero-order valence-corrected chi connectivity index (χ0v) is 10.5. The molecule has 0 saturated heterocycles.